The van der Waals surface area contributed by atoms with Crippen LogP contribution in [0.5, 0.6) is 0 Å². The molecule has 3 rings (SSSR count). The highest BCUT2D eigenvalue weighted by Crippen LogP contribution is 2.35. The zero-order valence-electron chi connectivity index (χ0n) is 11.8. The summed E-state index contributed by atoms with van der Waals surface area (Å²) in [5.41, 5.74) is 3.08. The summed E-state index contributed by atoms with van der Waals surface area (Å²) in [4.78, 5) is 0. The molecule has 3 atom stereocenters. The Morgan fingerprint density at radius 1 is 1.11 bits per heavy atom. The third-order valence-electron chi connectivity index (χ3n) is 4.96. The lowest BCUT2D eigenvalue weighted by molar-refractivity contribution is 0.321. The first-order valence-corrected chi connectivity index (χ1v) is 8.58. The van der Waals surface area contributed by atoms with E-state index in [-0.39, 0.29) is 0 Å². The second-order valence-electron chi connectivity index (χ2n) is 6.32. The van der Waals surface area contributed by atoms with E-state index >= 15 is 0 Å². The molecule has 0 bridgehead atoms. The Morgan fingerprint density at radius 2 is 1.95 bits per heavy atom. The monoisotopic (exact) mass is 321 g/mol. The third-order valence-corrected chi connectivity index (χ3v) is 5.45. The smallest absolute Gasteiger partial charge is 0.0328 e. The first kappa shape index (κ1) is 13.6. The zero-order chi connectivity index (χ0) is 13.2. The second kappa shape index (κ2) is 5.97. The van der Waals surface area contributed by atoms with Gasteiger partial charge in [-0.1, -0.05) is 48.2 Å². The number of benzene rings is 1. The van der Waals surface area contributed by atoms with Gasteiger partial charge in [0.15, 0.2) is 0 Å². The molecule has 0 radical (unpaired) electrons. The summed E-state index contributed by atoms with van der Waals surface area (Å²) in [6, 6.07) is 8.12. The molecule has 1 N–H and O–H groups in total. The molecule has 2 aliphatic rings. The van der Waals surface area contributed by atoms with Gasteiger partial charge in [0.05, 0.1) is 0 Å². The Kier molecular flexibility index (Phi) is 4.28. The van der Waals surface area contributed by atoms with Gasteiger partial charge in [0.1, 0.15) is 0 Å². The van der Waals surface area contributed by atoms with E-state index in [0.717, 1.165) is 12.0 Å². The molecule has 1 aromatic rings. The third kappa shape index (κ3) is 3.05. The number of halogens is 1. The minimum atomic E-state index is 0.591. The van der Waals surface area contributed by atoms with Gasteiger partial charge in [-0.15, -0.1) is 0 Å². The molecule has 0 saturated heterocycles. The Labute approximate surface area is 125 Å². The van der Waals surface area contributed by atoms with Crippen molar-refractivity contribution in [1.29, 1.82) is 0 Å². The fourth-order valence-electron chi connectivity index (χ4n) is 3.76. The van der Waals surface area contributed by atoms with Crippen molar-refractivity contribution in [2.24, 2.45) is 5.92 Å². The van der Waals surface area contributed by atoms with Crippen LogP contribution in [0.25, 0.3) is 0 Å². The summed E-state index contributed by atoms with van der Waals surface area (Å²) in [6.07, 6.45) is 9.52. The van der Waals surface area contributed by atoms with Crippen LogP contribution in [0.2, 0.25) is 0 Å². The van der Waals surface area contributed by atoms with Gasteiger partial charge in [0.2, 0.25) is 0 Å². The number of fused-ring (bicyclic) bond motifs is 1. The summed E-state index contributed by atoms with van der Waals surface area (Å²) < 4.78 is 1.22. The molecule has 104 valence electrons. The number of nitrogens with one attached hydrogen (secondary N) is 1. The quantitative estimate of drug-likeness (QED) is 0.756. The Morgan fingerprint density at radius 3 is 2.84 bits per heavy atom. The molecule has 19 heavy (non-hydrogen) atoms. The summed E-state index contributed by atoms with van der Waals surface area (Å²) >= 11 is 3.58. The molecule has 0 amide bonds. The summed E-state index contributed by atoms with van der Waals surface area (Å²) in [5.74, 6) is 0.835. The largest absolute Gasteiger partial charge is 0.307 e. The number of aryl methyl sites for hydroxylation is 1. The number of rotatable bonds is 2. The second-order valence-corrected chi connectivity index (χ2v) is 7.24. The predicted octanol–water partition coefficient (Wildman–Crippen LogP) is 4.99. The van der Waals surface area contributed by atoms with E-state index in [0.29, 0.717) is 6.04 Å². The van der Waals surface area contributed by atoms with Crippen LogP contribution >= 0.6 is 15.9 Å². The average molecular weight is 322 g/mol. The van der Waals surface area contributed by atoms with Crippen molar-refractivity contribution in [3.8, 4) is 0 Å². The fourth-order valence-corrected chi connectivity index (χ4v) is 4.17. The molecule has 0 aliphatic heterocycles. The molecule has 2 heteroatoms. The van der Waals surface area contributed by atoms with Gasteiger partial charge in [0, 0.05) is 16.6 Å². The lowest BCUT2D eigenvalue weighted by atomic mass is 9.95. The van der Waals surface area contributed by atoms with Crippen molar-refractivity contribution in [2.75, 3.05) is 0 Å². The van der Waals surface area contributed by atoms with Crippen LogP contribution in [-0.2, 0) is 6.42 Å². The van der Waals surface area contributed by atoms with E-state index in [2.05, 4.69) is 46.4 Å². The summed E-state index contributed by atoms with van der Waals surface area (Å²) in [5, 5.41) is 3.97. The molecular weight excluding hydrogens is 298 g/mol. The Balaban J connectivity index is 1.71. The van der Waals surface area contributed by atoms with E-state index in [1.54, 1.807) is 5.56 Å². The van der Waals surface area contributed by atoms with Crippen LogP contribution < -0.4 is 5.32 Å². The van der Waals surface area contributed by atoms with Gasteiger partial charge in [-0.25, -0.2) is 0 Å². The lowest BCUT2D eigenvalue weighted by Gasteiger charge is -2.27. The minimum Gasteiger partial charge on any atom is -0.307 e. The first-order valence-electron chi connectivity index (χ1n) is 7.78. The average Bonchev–Trinajstić information content (AvgIpc) is 2.67. The molecule has 0 heterocycles. The van der Waals surface area contributed by atoms with Crippen molar-refractivity contribution < 1.29 is 0 Å². The van der Waals surface area contributed by atoms with Gasteiger partial charge < -0.3 is 5.32 Å². The molecule has 0 aromatic heterocycles. The molecule has 1 aromatic carbocycles. The maximum absolute atomic E-state index is 3.97. The highest BCUT2D eigenvalue weighted by Gasteiger charge is 2.27. The number of hydrogen-bond acceptors (Lipinski definition) is 1. The molecular formula is C17H24BrN. The summed E-state index contributed by atoms with van der Waals surface area (Å²) in [6.45, 7) is 2.43. The van der Waals surface area contributed by atoms with Crippen molar-refractivity contribution in [3.05, 3.63) is 33.8 Å². The Hall–Kier alpha value is -0.340. The zero-order valence-corrected chi connectivity index (χ0v) is 13.4. The highest BCUT2D eigenvalue weighted by atomic mass is 79.9. The highest BCUT2D eigenvalue weighted by molar-refractivity contribution is 9.10. The SMILES string of the molecule is CC1CCCCCC1NC1CCc2cc(Br)ccc21. The summed E-state index contributed by atoms with van der Waals surface area (Å²) in [7, 11) is 0. The molecule has 2 aliphatic carbocycles. The van der Waals surface area contributed by atoms with Gasteiger partial charge in [-0.2, -0.15) is 0 Å². The minimum absolute atomic E-state index is 0.591. The Bertz CT molecular complexity index is 443. The van der Waals surface area contributed by atoms with Crippen LogP contribution in [0.4, 0.5) is 0 Å². The normalized spacial score (nSPS) is 30.9. The van der Waals surface area contributed by atoms with Crippen LogP contribution in [0.1, 0.15) is 62.6 Å². The van der Waals surface area contributed by atoms with E-state index in [1.165, 1.54) is 55.0 Å². The molecule has 3 unspecified atom stereocenters. The molecule has 1 fully saturated rings. The van der Waals surface area contributed by atoms with Crippen molar-refractivity contribution in [1.82, 2.24) is 5.32 Å². The first-order chi connectivity index (χ1) is 9.24. The standard InChI is InChI=1S/C17H24BrN/c1-12-5-3-2-4-6-16(12)19-17-10-7-13-11-14(18)8-9-15(13)17/h8-9,11-12,16-17,19H,2-7,10H2,1H3. The van der Waals surface area contributed by atoms with E-state index in [9.17, 15) is 0 Å². The van der Waals surface area contributed by atoms with E-state index in [4.69, 9.17) is 0 Å². The van der Waals surface area contributed by atoms with Crippen LogP contribution in [-0.4, -0.2) is 6.04 Å². The van der Waals surface area contributed by atoms with Crippen LogP contribution in [0.15, 0.2) is 22.7 Å². The van der Waals surface area contributed by atoms with Gasteiger partial charge in [-0.3, -0.25) is 0 Å². The predicted molar refractivity (Wildman–Crippen MR) is 84.4 cm³/mol. The lowest BCUT2D eigenvalue weighted by Crippen LogP contribution is -2.36. The topological polar surface area (TPSA) is 12.0 Å². The van der Waals surface area contributed by atoms with Crippen LogP contribution in [0.3, 0.4) is 0 Å². The van der Waals surface area contributed by atoms with E-state index in [1.807, 2.05) is 0 Å². The molecule has 0 spiro atoms. The maximum atomic E-state index is 3.97. The number of hydrogen-bond donors (Lipinski definition) is 1. The van der Waals surface area contributed by atoms with Crippen LogP contribution in [0, 0.1) is 5.92 Å². The molecule has 1 nitrogen and oxygen atoms in total. The van der Waals surface area contributed by atoms with Gasteiger partial charge in [0.25, 0.3) is 0 Å². The fraction of sp³-hybridized carbons (Fsp3) is 0.647. The van der Waals surface area contributed by atoms with Crippen molar-refractivity contribution >= 4 is 15.9 Å². The molecule has 1 saturated carbocycles. The van der Waals surface area contributed by atoms with Gasteiger partial charge in [-0.05, 0) is 54.9 Å². The maximum Gasteiger partial charge on any atom is 0.0328 e. The van der Waals surface area contributed by atoms with Crippen molar-refractivity contribution in [3.63, 3.8) is 0 Å². The van der Waals surface area contributed by atoms with E-state index < -0.39 is 0 Å². The van der Waals surface area contributed by atoms with Crippen molar-refractivity contribution in [2.45, 2.75) is 64.0 Å². The van der Waals surface area contributed by atoms with Gasteiger partial charge >= 0.3 is 0 Å².